The molecule has 2 aromatic carbocycles. The van der Waals surface area contributed by atoms with E-state index in [9.17, 15) is 18.0 Å². The first-order valence-corrected chi connectivity index (χ1v) is 10.1. The number of anilines is 1. The average molecular weight is 449 g/mol. The molecule has 0 atom stereocenters. The van der Waals surface area contributed by atoms with Crippen LogP contribution in [0, 0.1) is 6.92 Å². The van der Waals surface area contributed by atoms with E-state index < -0.39 is 11.7 Å². The Bertz CT molecular complexity index is 1100. The zero-order valence-corrected chi connectivity index (χ0v) is 17.5. The van der Waals surface area contributed by atoms with E-state index >= 15 is 0 Å². The van der Waals surface area contributed by atoms with E-state index in [2.05, 4.69) is 10.00 Å². The van der Waals surface area contributed by atoms with Crippen LogP contribution in [0.25, 0.3) is 5.69 Å². The number of rotatable bonds is 3. The second-order valence-electron chi connectivity index (χ2n) is 7.33. The van der Waals surface area contributed by atoms with Gasteiger partial charge in [0.25, 0.3) is 5.91 Å². The van der Waals surface area contributed by atoms with Gasteiger partial charge in [-0.3, -0.25) is 4.79 Å². The lowest BCUT2D eigenvalue weighted by Crippen LogP contribution is -2.49. The first-order chi connectivity index (χ1) is 14.8. The summed E-state index contributed by atoms with van der Waals surface area (Å²) in [6, 6.07) is 12.5. The standard InChI is InChI=1S/C22H20ClF3N4O/c1-15-18(14-27-30(15)17-6-4-5-16(13-17)22(24,25)26)21(31)29-11-9-28(10-12-29)20-8-3-2-7-19(20)23/h2-8,13-14H,9-12H2,1H3. The molecule has 2 heterocycles. The van der Waals surface area contributed by atoms with Gasteiger partial charge < -0.3 is 9.80 Å². The van der Waals surface area contributed by atoms with Crippen LogP contribution in [0.15, 0.2) is 54.7 Å². The molecule has 0 aliphatic carbocycles. The van der Waals surface area contributed by atoms with Crippen LogP contribution >= 0.6 is 11.6 Å². The Morgan fingerprint density at radius 2 is 1.74 bits per heavy atom. The maximum atomic E-state index is 13.0. The molecule has 31 heavy (non-hydrogen) atoms. The lowest BCUT2D eigenvalue weighted by molar-refractivity contribution is -0.137. The summed E-state index contributed by atoms with van der Waals surface area (Å²) >= 11 is 6.27. The van der Waals surface area contributed by atoms with Crippen molar-refractivity contribution in [2.75, 3.05) is 31.1 Å². The monoisotopic (exact) mass is 448 g/mol. The average Bonchev–Trinajstić information content (AvgIpc) is 3.14. The van der Waals surface area contributed by atoms with Crippen molar-refractivity contribution in [3.8, 4) is 5.69 Å². The summed E-state index contributed by atoms with van der Waals surface area (Å²) < 4.78 is 40.5. The van der Waals surface area contributed by atoms with Gasteiger partial charge in [0, 0.05) is 26.2 Å². The van der Waals surface area contributed by atoms with E-state index in [0.717, 1.165) is 17.8 Å². The van der Waals surface area contributed by atoms with Crippen LogP contribution < -0.4 is 4.90 Å². The molecule has 3 aromatic rings. The van der Waals surface area contributed by atoms with Crippen molar-refractivity contribution >= 4 is 23.2 Å². The number of carbonyl (C=O) groups is 1. The van der Waals surface area contributed by atoms with Crippen LogP contribution in [0.4, 0.5) is 18.9 Å². The van der Waals surface area contributed by atoms with Crippen molar-refractivity contribution in [2.24, 2.45) is 0 Å². The molecule has 1 aliphatic heterocycles. The SMILES string of the molecule is Cc1c(C(=O)N2CCN(c3ccccc3Cl)CC2)cnn1-c1cccc(C(F)(F)F)c1. The molecule has 9 heteroatoms. The van der Waals surface area contributed by atoms with Crippen LogP contribution in [0.2, 0.25) is 5.02 Å². The second-order valence-corrected chi connectivity index (χ2v) is 7.74. The summed E-state index contributed by atoms with van der Waals surface area (Å²) in [5, 5.41) is 4.84. The molecule has 162 valence electrons. The highest BCUT2D eigenvalue weighted by Crippen LogP contribution is 2.31. The molecular weight excluding hydrogens is 429 g/mol. The molecule has 1 aliphatic rings. The number of alkyl halides is 3. The number of benzene rings is 2. The number of carbonyl (C=O) groups excluding carboxylic acids is 1. The highest BCUT2D eigenvalue weighted by molar-refractivity contribution is 6.33. The first-order valence-electron chi connectivity index (χ1n) is 9.76. The van der Waals surface area contributed by atoms with Crippen LogP contribution in [0.5, 0.6) is 0 Å². The Morgan fingerprint density at radius 1 is 1.03 bits per heavy atom. The van der Waals surface area contributed by atoms with Crippen molar-refractivity contribution in [3.63, 3.8) is 0 Å². The Hall–Kier alpha value is -3.00. The number of nitrogens with zero attached hydrogens (tertiary/aromatic N) is 4. The van der Waals surface area contributed by atoms with Crippen LogP contribution in [0.3, 0.4) is 0 Å². The fourth-order valence-corrected chi connectivity index (χ4v) is 3.98. The van der Waals surface area contributed by atoms with E-state index in [1.54, 1.807) is 11.8 Å². The minimum atomic E-state index is -4.45. The van der Waals surface area contributed by atoms with E-state index in [1.165, 1.54) is 23.0 Å². The van der Waals surface area contributed by atoms with Gasteiger partial charge >= 0.3 is 6.18 Å². The zero-order valence-electron chi connectivity index (χ0n) is 16.7. The van der Waals surface area contributed by atoms with Gasteiger partial charge in [-0.05, 0) is 37.3 Å². The summed E-state index contributed by atoms with van der Waals surface area (Å²) in [5.74, 6) is -0.186. The summed E-state index contributed by atoms with van der Waals surface area (Å²) in [4.78, 5) is 16.9. The summed E-state index contributed by atoms with van der Waals surface area (Å²) in [5.41, 5.74) is 1.31. The Balaban J connectivity index is 1.50. The summed E-state index contributed by atoms with van der Waals surface area (Å²) in [7, 11) is 0. The van der Waals surface area contributed by atoms with Crippen molar-refractivity contribution < 1.29 is 18.0 Å². The van der Waals surface area contributed by atoms with Crippen molar-refractivity contribution in [1.29, 1.82) is 0 Å². The van der Waals surface area contributed by atoms with Crippen LogP contribution in [-0.2, 0) is 6.18 Å². The molecule has 0 spiro atoms. The number of halogens is 4. The van der Waals surface area contributed by atoms with E-state index in [-0.39, 0.29) is 11.6 Å². The topological polar surface area (TPSA) is 41.4 Å². The lowest BCUT2D eigenvalue weighted by atomic mass is 10.1. The number of para-hydroxylation sites is 1. The van der Waals surface area contributed by atoms with Gasteiger partial charge in [0.1, 0.15) is 0 Å². The van der Waals surface area contributed by atoms with Crippen molar-refractivity contribution in [2.45, 2.75) is 13.1 Å². The zero-order chi connectivity index (χ0) is 22.2. The second kappa shape index (κ2) is 8.26. The third-order valence-electron chi connectivity index (χ3n) is 5.42. The fraction of sp³-hybridized carbons (Fsp3) is 0.273. The molecule has 0 radical (unpaired) electrons. The van der Waals surface area contributed by atoms with Crippen LogP contribution in [-0.4, -0.2) is 46.8 Å². The minimum Gasteiger partial charge on any atom is -0.367 e. The Kier molecular flexibility index (Phi) is 5.66. The molecule has 1 aromatic heterocycles. The van der Waals surface area contributed by atoms with Gasteiger partial charge in [0.05, 0.1) is 39.4 Å². The van der Waals surface area contributed by atoms with Crippen molar-refractivity contribution in [1.82, 2.24) is 14.7 Å². The molecule has 5 nitrogen and oxygen atoms in total. The third kappa shape index (κ3) is 4.25. The smallest absolute Gasteiger partial charge is 0.367 e. The molecule has 1 amide bonds. The highest BCUT2D eigenvalue weighted by Gasteiger charge is 2.31. The maximum absolute atomic E-state index is 13.0. The van der Waals surface area contributed by atoms with Gasteiger partial charge in [-0.25, -0.2) is 4.68 Å². The lowest BCUT2D eigenvalue weighted by Gasteiger charge is -2.36. The summed E-state index contributed by atoms with van der Waals surface area (Å²) in [6.45, 7) is 3.98. The number of aromatic nitrogens is 2. The quantitative estimate of drug-likeness (QED) is 0.577. The first kappa shape index (κ1) is 21.2. The predicted molar refractivity (Wildman–Crippen MR) is 113 cm³/mol. The number of amides is 1. The fourth-order valence-electron chi connectivity index (χ4n) is 3.72. The predicted octanol–water partition coefficient (Wildman–Crippen LogP) is 4.82. The van der Waals surface area contributed by atoms with E-state index in [4.69, 9.17) is 11.6 Å². The normalized spacial score (nSPS) is 14.7. The largest absolute Gasteiger partial charge is 0.416 e. The molecule has 0 saturated carbocycles. The molecular formula is C22H20ClF3N4O. The molecule has 4 rings (SSSR count). The molecule has 1 fully saturated rings. The molecule has 0 unspecified atom stereocenters. The number of hydrogen-bond donors (Lipinski definition) is 0. The highest BCUT2D eigenvalue weighted by atomic mass is 35.5. The Morgan fingerprint density at radius 3 is 2.42 bits per heavy atom. The number of piperazine rings is 1. The molecule has 0 N–H and O–H groups in total. The van der Waals surface area contributed by atoms with Gasteiger partial charge in [-0.1, -0.05) is 29.8 Å². The third-order valence-corrected chi connectivity index (χ3v) is 5.74. The van der Waals surface area contributed by atoms with E-state index in [1.807, 2.05) is 24.3 Å². The van der Waals surface area contributed by atoms with Crippen LogP contribution in [0.1, 0.15) is 21.6 Å². The van der Waals surface area contributed by atoms with Gasteiger partial charge in [-0.15, -0.1) is 0 Å². The molecule has 0 bridgehead atoms. The number of hydrogen-bond acceptors (Lipinski definition) is 3. The Labute approximate surface area is 182 Å². The maximum Gasteiger partial charge on any atom is 0.416 e. The van der Waals surface area contributed by atoms with Gasteiger partial charge in [0.2, 0.25) is 0 Å². The van der Waals surface area contributed by atoms with E-state index in [0.29, 0.717) is 42.5 Å². The van der Waals surface area contributed by atoms with Crippen molar-refractivity contribution in [3.05, 3.63) is 76.6 Å². The minimum absolute atomic E-state index is 0.186. The molecule has 1 saturated heterocycles. The summed E-state index contributed by atoms with van der Waals surface area (Å²) in [6.07, 6.45) is -3.03. The van der Waals surface area contributed by atoms with Gasteiger partial charge in [-0.2, -0.15) is 18.3 Å². The van der Waals surface area contributed by atoms with Gasteiger partial charge in [0.15, 0.2) is 0 Å².